The highest BCUT2D eigenvalue weighted by Gasteiger charge is 2.37. The molecule has 1 aliphatic carbocycles. The Morgan fingerprint density at radius 2 is 1.07 bits per heavy atom. The zero-order chi connectivity index (χ0) is 39.9. The first kappa shape index (κ1) is 44.0. The van der Waals surface area contributed by atoms with E-state index in [9.17, 15) is 18.3 Å². The maximum absolute atomic E-state index is 12.2. The highest BCUT2D eigenvalue weighted by atomic mass is 32.2. The molecule has 0 aliphatic heterocycles. The van der Waals surface area contributed by atoms with Gasteiger partial charge in [0.1, 0.15) is 12.3 Å². The number of carbonyl (C=O) groups is 1. The van der Waals surface area contributed by atoms with Gasteiger partial charge in [0.05, 0.1) is 83.1 Å². The van der Waals surface area contributed by atoms with Crippen LogP contribution in [0.4, 0.5) is 0 Å². The van der Waals surface area contributed by atoms with Crippen molar-refractivity contribution in [3.63, 3.8) is 0 Å². The lowest BCUT2D eigenvalue weighted by atomic mass is 9.62. The van der Waals surface area contributed by atoms with Gasteiger partial charge in [-0.1, -0.05) is 68.7 Å². The summed E-state index contributed by atoms with van der Waals surface area (Å²) < 4.78 is 56.9. The van der Waals surface area contributed by atoms with Gasteiger partial charge in [-0.05, 0) is 84.5 Å². The molecule has 0 heterocycles. The fraction of sp³-hybridized carbons (Fsp3) is 0.524. The third-order valence-electron chi connectivity index (χ3n) is 9.60. The molecule has 1 N–H and O–H groups in total. The molecule has 0 saturated carbocycles. The summed E-state index contributed by atoms with van der Waals surface area (Å²) in [5, 5.41) is 14.0. The van der Waals surface area contributed by atoms with Crippen molar-refractivity contribution in [2.75, 3.05) is 79.3 Å². The van der Waals surface area contributed by atoms with Crippen molar-refractivity contribution >= 4 is 21.8 Å². The van der Waals surface area contributed by atoms with Crippen LogP contribution in [0, 0.1) is 13.8 Å². The van der Waals surface area contributed by atoms with Crippen molar-refractivity contribution in [2.24, 2.45) is 5.16 Å². The van der Waals surface area contributed by atoms with Crippen molar-refractivity contribution in [1.29, 1.82) is 0 Å². The monoisotopic (exact) mass is 783 g/mol. The average Bonchev–Trinajstić information content (AvgIpc) is 3.14. The van der Waals surface area contributed by atoms with E-state index in [0.717, 1.165) is 35.1 Å². The van der Waals surface area contributed by atoms with Crippen LogP contribution in [0.2, 0.25) is 0 Å². The van der Waals surface area contributed by atoms with Gasteiger partial charge in [-0.15, -0.1) is 0 Å². The fourth-order valence-electron chi connectivity index (χ4n) is 6.17. The van der Waals surface area contributed by atoms with Crippen LogP contribution in [0.3, 0.4) is 0 Å². The largest absolute Gasteiger partial charge is 0.478 e. The van der Waals surface area contributed by atoms with Gasteiger partial charge in [-0.25, -0.2) is 4.79 Å². The highest BCUT2D eigenvalue weighted by molar-refractivity contribution is 7.86. The van der Waals surface area contributed by atoms with Crippen LogP contribution >= 0.6 is 0 Å². The molecule has 3 aromatic rings. The molecule has 0 unspecified atom stereocenters. The standard InChI is InChI=1S/C42H57NO11S/c1-31-7-13-35(14-8-31)55(46,47)54-28-26-52-24-22-50-20-18-48-17-19-49-21-23-51-25-27-53-43-39(33-9-11-34(12-10-33)40(44)45)36-30-38-37(29-32(36)2)41(3,4)15-16-42(38,5)6/h7-14,29-30H,15-28H2,1-6H3,(H,44,45)/b43-39-. The Morgan fingerprint density at radius 3 is 1.56 bits per heavy atom. The zero-order valence-electron chi connectivity index (χ0n) is 33.1. The summed E-state index contributed by atoms with van der Waals surface area (Å²) in [5.41, 5.74) is 7.38. The van der Waals surface area contributed by atoms with Crippen LogP contribution in [0.25, 0.3) is 0 Å². The second-order valence-corrected chi connectivity index (χ2v) is 16.4. The normalized spacial score (nSPS) is 15.1. The molecule has 0 saturated heterocycles. The molecule has 0 fully saturated rings. The van der Waals surface area contributed by atoms with Gasteiger partial charge in [0, 0.05) is 11.1 Å². The van der Waals surface area contributed by atoms with Crippen molar-refractivity contribution in [3.05, 3.63) is 99.6 Å². The molecule has 302 valence electrons. The minimum absolute atomic E-state index is 0.0108. The van der Waals surface area contributed by atoms with Gasteiger partial charge in [-0.2, -0.15) is 8.42 Å². The number of carboxylic acid groups (broad SMARTS) is 1. The number of nitrogens with zero attached hydrogens (tertiary/aromatic N) is 1. The second kappa shape index (κ2) is 21.0. The number of fused-ring (bicyclic) bond motifs is 1. The van der Waals surface area contributed by atoms with E-state index in [1.807, 2.05) is 6.92 Å². The Kier molecular flexibility index (Phi) is 16.8. The number of ether oxygens (including phenoxy) is 5. The van der Waals surface area contributed by atoms with Crippen molar-refractivity contribution in [2.45, 2.75) is 70.1 Å². The lowest BCUT2D eigenvalue weighted by Crippen LogP contribution is -2.34. The highest BCUT2D eigenvalue weighted by Crippen LogP contribution is 2.46. The summed E-state index contributed by atoms with van der Waals surface area (Å²) in [6.45, 7) is 16.8. The number of aryl methyl sites for hydroxylation is 2. The molecule has 4 rings (SSSR count). The molecule has 12 nitrogen and oxygen atoms in total. The molecular formula is C42H57NO11S. The molecule has 0 radical (unpaired) electrons. The Balaban J connectivity index is 1.08. The molecule has 0 amide bonds. The zero-order valence-corrected chi connectivity index (χ0v) is 33.9. The molecule has 0 aromatic heterocycles. The van der Waals surface area contributed by atoms with Crippen LogP contribution in [-0.2, 0) is 53.7 Å². The molecule has 1 aliphatic rings. The number of rotatable bonds is 24. The molecule has 0 atom stereocenters. The smallest absolute Gasteiger partial charge is 0.335 e. The lowest BCUT2D eigenvalue weighted by Gasteiger charge is -2.42. The quantitative estimate of drug-likeness (QED) is 0.0453. The lowest BCUT2D eigenvalue weighted by molar-refractivity contribution is -0.0174. The maximum atomic E-state index is 12.2. The molecule has 55 heavy (non-hydrogen) atoms. The Hall–Kier alpha value is -3.69. The van der Waals surface area contributed by atoms with E-state index in [1.54, 1.807) is 36.4 Å². The summed E-state index contributed by atoms with van der Waals surface area (Å²) in [6.07, 6.45) is 2.20. The van der Waals surface area contributed by atoms with Crippen LogP contribution < -0.4 is 0 Å². The minimum atomic E-state index is -3.80. The van der Waals surface area contributed by atoms with E-state index in [0.29, 0.717) is 65.2 Å². The van der Waals surface area contributed by atoms with Crippen LogP contribution in [-0.4, -0.2) is 104 Å². The number of aromatic carboxylic acids is 1. The van der Waals surface area contributed by atoms with Crippen LogP contribution in [0.15, 0.2) is 70.7 Å². The van der Waals surface area contributed by atoms with Gasteiger partial charge in [0.25, 0.3) is 10.1 Å². The van der Waals surface area contributed by atoms with E-state index in [-0.39, 0.29) is 41.1 Å². The summed E-state index contributed by atoms with van der Waals surface area (Å²) in [6, 6.07) is 17.7. The Labute approximate surface area is 326 Å². The molecule has 13 heteroatoms. The Morgan fingerprint density at radius 1 is 0.636 bits per heavy atom. The number of hydrogen-bond acceptors (Lipinski definition) is 11. The van der Waals surface area contributed by atoms with Crippen molar-refractivity contribution < 1.29 is 51.0 Å². The van der Waals surface area contributed by atoms with E-state index in [2.05, 4.69) is 51.9 Å². The summed E-state index contributed by atoms with van der Waals surface area (Å²) in [5.74, 6) is -0.982. The second-order valence-electron chi connectivity index (χ2n) is 14.8. The van der Waals surface area contributed by atoms with E-state index >= 15 is 0 Å². The summed E-state index contributed by atoms with van der Waals surface area (Å²) in [7, 11) is -3.80. The SMILES string of the molecule is Cc1ccc(S(=O)(=O)OCCOCCOCCOCCOCCOCCO/N=C(/c2ccc(C(=O)O)cc2)c2cc3c(cc2C)C(C)(C)CCC3(C)C)cc1. The molecule has 3 aromatic carbocycles. The minimum Gasteiger partial charge on any atom is -0.478 e. The third-order valence-corrected chi connectivity index (χ3v) is 10.9. The first-order chi connectivity index (χ1) is 26.2. The van der Waals surface area contributed by atoms with E-state index in [4.69, 9.17) is 32.7 Å². The van der Waals surface area contributed by atoms with Crippen molar-refractivity contribution in [1.82, 2.24) is 0 Å². The van der Waals surface area contributed by atoms with Crippen LogP contribution in [0.5, 0.6) is 0 Å². The number of oxime groups is 1. The number of hydrogen-bond donors (Lipinski definition) is 1. The predicted molar refractivity (Wildman–Crippen MR) is 210 cm³/mol. The van der Waals surface area contributed by atoms with Gasteiger partial charge in [0.15, 0.2) is 0 Å². The van der Waals surface area contributed by atoms with Gasteiger partial charge in [0.2, 0.25) is 0 Å². The summed E-state index contributed by atoms with van der Waals surface area (Å²) >= 11 is 0. The van der Waals surface area contributed by atoms with E-state index in [1.165, 1.54) is 23.3 Å². The third kappa shape index (κ3) is 13.5. The fourth-order valence-corrected chi connectivity index (χ4v) is 7.06. The Bertz CT molecular complexity index is 1800. The number of carboxylic acids is 1. The summed E-state index contributed by atoms with van der Waals surface area (Å²) in [4.78, 5) is 17.4. The topological polar surface area (TPSA) is 148 Å². The molecule has 0 spiro atoms. The van der Waals surface area contributed by atoms with Gasteiger partial charge >= 0.3 is 5.97 Å². The van der Waals surface area contributed by atoms with Gasteiger partial charge < -0.3 is 33.6 Å². The first-order valence-corrected chi connectivity index (χ1v) is 20.2. The predicted octanol–water partition coefficient (Wildman–Crippen LogP) is 6.61. The molecule has 0 bridgehead atoms. The van der Waals surface area contributed by atoms with Gasteiger partial charge in [-0.3, -0.25) is 4.18 Å². The first-order valence-electron chi connectivity index (χ1n) is 18.8. The maximum Gasteiger partial charge on any atom is 0.335 e. The number of benzene rings is 3. The molecular weight excluding hydrogens is 727 g/mol. The van der Waals surface area contributed by atoms with Crippen molar-refractivity contribution in [3.8, 4) is 0 Å². The van der Waals surface area contributed by atoms with E-state index < -0.39 is 16.1 Å². The average molecular weight is 784 g/mol. The van der Waals surface area contributed by atoms with Crippen LogP contribution in [0.1, 0.15) is 84.3 Å².